The average molecular weight is 364 g/mol. The van der Waals surface area contributed by atoms with Gasteiger partial charge in [0.25, 0.3) is 0 Å². The van der Waals surface area contributed by atoms with Crippen molar-refractivity contribution in [1.82, 2.24) is 30.2 Å². The number of nitrogens with two attached hydrogens (primary N) is 1. The molecule has 8 heteroatoms. The molecule has 0 radical (unpaired) electrons. The summed E-state index contributed by atoms with van der Waals surface area (Å²) in [6.45, 7) is 2.01. The van der Waals surface area contributed by atoms with Gasteiger partial charge in [-0.2, -0.15) is 4.68 Å². The van der Waals surface area contributed by atoms with Crippen LogP contribution in [-0.2, 0) is 0 Å². The highest BCUT2D eigenvalue weighted by molar-refractivity contribution is 6.30. The molecule has 0 saturated carbocycles. The number of tetrazole rings is 1. The average Bonchev–Trinajstić information content (AvgIpc) is 3.12. The largest absolute Gasteiger partial charge is 0.368 e. The second kappa shape index (κ2) is 6.53. The lowest BCUT2D eigenvalue weighted by molar-refractivity contribution is 0.791. The maximum Gasteiger partial charge on any atom is 0.220 e. The Bertz CT molecular complexity index is 1070. The van der Waals surface area contributed by atoms with Gasteiger partial charge in [0.1, 0.15) is 0 Å². The molecule has 0 saturated heterocycles. The van der Waals surface area contributed by atoms with Crippen LogP contribution in [0.4, 0.5) is 5.95 Å². The molecule has 2 aromatic carbocycles. The zero-order valence-electron chi connectivity index (χ0n) is 13.8. The summed E-state index contributed by atoms with van der Waals surface area (Å²) >= 11 is 5.98. The van der Waals surface area contributed by atoms with E-state index in [-0.39, 0.29) is 5.95 Å². The molecule has 0 atom stereocenters. The van der Waals surface area contributed by atoms with Crippen molar-refractivity contribution in [3.8, 4) is 28.3 Å². The Kier molecular flexibility index (Phi) is 4.06. The molecule has 0 aliphatic rings. The van der Waals surface area contributed by atoms with Gasteiger partial charge in [-0.1, -0.05) is 35.9 Å². The fourth-order valence-electron chi connectivity index (χ4n) is 2.71. The zero-order valence-corrected chi connectivity index (χ0v) is 14.6. The Morgan fingerprint density at radius 2 is 1.77 bits per heavy atom. The standard InChI is InChI=1S/C18H14ClN7/c1-11-4-2-3-5-14(11)16-15(10-21-18(20)22-16)17-23-24-25-26(17)13-8-6-12(19)7-9-13/h2-10H,1H3,(H2,20,21,22). The molecule has 2 N–H and O–H groups in total. The molecule has 0 aliphatic carbocycles. The highest BCUT2D eigenvalue weighted by Gasteiger charge is 2.19. The maximum absolute atomic E-state index is 5.98. The van der Waals surface area contributed by atoms with Crippen LogP contribution in [0.5, 0.6) is 0 Å². The van der Waals surface area contributed by atoms with Crippen LogP contribution in [0.25, 0.3) is 28.3 Å². The molecule has 26 heavy (non-hydrogen) atoms. The minimum Gasteiger partial charge on any atom is -0.368 e. The SMILES string of the molecule is Cc1ccccc1-c1nc(N)ncc1-c1nnnn1-c1ccc(Cl)cc1. The first-order valence-corrected chi connectivity index (χ1v) is 8.24. The summed E-state index contributed by atoms with van der Waals surface area (Å²) in [5.74, 6) is 0.711. The molecule has 4 rings (SSSR count). The molecule has 0 amide bonds. The number of aryl methyl sites for hydroxylation is 1. The van der Waals surface area contributed by atoms with Crippen molar-refractivity contribution in [3.05, 3.63) is 65.3 Å². The van der Waals surface area contributed by atoms with Crippen LogP contribution >= 0.6 is 11.6 Å². The van der Waals surface area contributed by atoms with Crippen molar-refractivity contribution in [2.75, 3.05) is 5.73 Å². The van der Waals surface area contributed by atoms with E-state index < -0.39 is 0 Å². The Balaban J connectivity index is 1.92. The molecule has 128 valence electrons. The summed E-state index contributed by atoms with van der Waals surface area (Å²) in [4.78, 5) is 8.58. The quantitative estimate of drug-likeness (QED) is 0.599. The number of nitrogen functional groups attached to an aromatic ring is 1. The smallest absolute Gasteiger partial charge is 0.220 e. The second-order valence-corrected chi connectivity index (χ2v) is 6.13. The molecule has 0 aliphatic heterocycles. The van der Waals surface area contributed by atoms with Gasteiger partial charge in [0.05, 0.1) is 16.9 Å². The maximum atomic E-state index is 5.98. The lowest BCUT2D eigenvalue weighted by Crippen LogP contribution is -2.04. The van der Waals surface area contributed by atoms with Gasteiger partial charge in [-0.3, -0.25) is 0 Å². The van der Waals surface area contributed by atoms with Crippen molar-refractivity contribution >= 4 is 17.5 Å². The van der Waals surface area contributed by atoms with Gasteiger partial charge in [0.15, 0.2) is 5.82 Å². The first-order chi connectivity index (χ1) is 12.6. The van der Waals surface area contributed by atoms with Crippen LogP contribution in [0.3, 0.4) is 0 Å². The Hall–Kier alpha value is -3.32. The van der Waals surface area contributed by atoms with Crippen molar-refractivity contribution in [2.45, 2.75) is 6.92 Å². The molecule has 7 nitrogen and oxygen atoms in total. The lowest BCUT2D eigenvalue weighted by Gasteiger charge is -2.11. The van der Waals surface area contributed by atoms with Gasteiger partial charge in [-0.05, 0) is 47.2 Å². The van der Waals surface area contributed by atoms with E-state index in [0.717, 1.165) is 16.8 Å². The van der Waals surface area contributed by atoms with Crippen LogP contribution in [0.15, 0.2) is 54.7 Å². The van der Waals surface area contributed by atoms with E-state index in [0.29, 0.717) is 22.1 Å². The number of rotatable bonds is 3. The minimum absolute atomic E-state index is 0.192. The summed E-state index contributed by atoms with van der Waals surface area (Å²) in [5, 5.41) is 12.7. The number of hydrogen-bond acceptors (Lipinski definition) is 6. The lowest BCUT2D eigenvalue weighted by atomic mass is 10.0. The van der Waals surface area contributed by atoms with Crippen molar-refractivity contribution in [2.24, 2.45) is 0 Å². The number of anilines is 1. The van der Waals surface area contributed by atoms with Crippen molar-refractivity contribution < 1.29 is 0 Å². The van der Waals surface area contributed by atoms with E-state index in [9.17, 15) is 0 Å². The third-order valence-corrected chi connectivity index (χ3v) is 4.24. The number of aromatic nitrogens is 6. The van der Waals surface area contributed by atoms with Gasteiger partial charge in [-0.25, -0.2) is 9.97 Å². The molecule has 0 unspecified atom stereocenters. The first-order valence-electron chi connectivity index (χ1n) is 7.86. The van der Waals surface area contributed by atoms with E-state index in [4.69, 9.17) is 17.3 Å². The van der Waals surface area contributed by atoms with Crippen LogP contribution in [0, 0.1) is 6.92 Å². The van der Waals surface area contributed by atoms with Crippen LogP contribution < -0.4 is 5.73 Å². The molecule has 0 bridgehead atoms. The van der Waals surface area contributed by atoms with E-state index in [2.05, 4.69) is 25.5 Å². The Morgan fingerprint density at radius 3 is 2.54 bits per heavy atom. The van der Waals surface area contributed by atoms with Gasteiger partial charge < -0.3 is 5.73 Å². The number of benzene rings is 2. The monoisotopic (exact) mass is 363 g/mol. The van der Waals surface area contributed by atoms with Crippen LogP contribution in [0.2, 0.25) is 5.02 Å². The number of halogens is 1. The predicted octanol–water partition coefficient (Wildman–Crippen LogP) is 3.33. The summed E-state index contributed by atoms with van der Waals surface area (Å²) in [7, 11) is 0. The number of nitrogens with zero attached hydrogens (tertiary/aromatic N) is 6. The third kappa shape index (κ3) is 2.89. The topological polar surface area (TPSA) is 95.4 Å². The minimum atomic E-state index is 0.192. The van der Waals surface area contributed by atoms with E-state index in [1.54, 1.807) is 23.0 Å². The number of hydrogen-bond donors (Lipinski definition) is 1. The second-order valence-electron chi connectivity index (χ2n) is 5.70. The van der Waals surface area contributed by atoms with Gasteiger partial charge >= 0.3 is 0 Å². The molecular formula is C18H14ClN7. The fraction of sp³-hybridized carbons (Fsp3) is 0.0556. The Labute approximate surface area is 154 Å². The molecule has 0 fully saturated rings. The van der Waals surface area contributed by atoms with Crippen LogP contribution in [-0.4, -0.2) is 30.2 Å². The normalized spacial score (nSPS) is 10.8. The molecule has 2 heterocycles. The summed E-state index contributed by atoms with van der Waals surface area (Å²) in [5.41, 5.74) is 10.0. The summed E-state index contributed by atoms with van der Waals surface area (Å²) in [6, 6.07) is 15.2. The fourth-order valence-corrected chi connectivity index (χ4v) is 2.84. The Morgan fingerprint density at radius 1 is 1.00 bits per heavy atom. The molecule has 2 aromatic heterocycles. The van der Waals surface area contributed by atoms with E-state index in [1.807, 2.05) is 43.3 Å². The zero-order chi connectivity index (χ0) is 18.1. The van der Waals surface area contributed by atoms with Gasteiger partial charge in [0, 0.05) is 16.8 Å². The van der Waals surface area contributed by atoms with Crippen molar-refractivity contribution in [1.29, 1.82) is 0 Å². The first kappa shape index (κ1) is 16.2. The van der Waals surface area contributed by atoms with Gasteiger partial charge in [-0.15, -0.1) is 5.10 Å². The van der Waals surface area contributed by atoms with E-state index in [1.165, 1.54) is 0 Å². The predicted molar refractivity (Wildman–Crippen MR) is 99.8 cm³/mol. The van der Waals surface area contributed by atoms with Crippen molar-refractivity contribution in [3.63, 3.8) is 0 Å². The highest BCUT2D eigenvalue weighted by atomic mass is 35.5. The van der Waals surface area contributed by atoms with Gasteiger partial charge in [0.2, 0.25) is 5.95 Å². The van der Waals surface area contributed by atoms with Crippen LogP contribution in [0.1, 0.15) is 5.56 Å². The summed E-state index contributed by atoms with van der Waals surface area (Å²) in [6.07, 6.45) is 1.64. The van der Waals surface area contributed by atoms with E-state index >= 15 is 0 Å². The highest BCUT2D eigenvalue weighted by Crippen LogP contribution is 2.31. The molecule has 0 spiro atoms. The summed E-state index contributed by atoms with van der Waals surface area (Å²) < 4.78 is 1.62. The molecular weight excluding hydrogens is 350 g/mol. The third-order valence-electron chi connectivity index (χ3n) is 3.99. The molecule has 4 aromatic rings.